The molecule has 0 radical (unpaired) electrons. The van der Waals surface area contributed by atoms with Crippen LogP contribution in [0.3, 0.4) is 0 Å². The summed E-state index contributed by atoms with van der Waals surface area (Å²) in [6, 6.07) is 0. The van der Waals surface area contributed by atoms with Crippen LogP contribution < -0.4 is 0 Å². The molecule has 1 saturated heterocycles. The molecule has 1 aliphatic rings. The van der Waals surface area contributed by atoms with Crippen molar-refractivity contribution >= 4 is 29.1 Å². The van der Waals surface area contributed by atoms with Crippen molar-refractivity contribution in [2.75, 3.05) is 13.2 Å². The van der Waals surface area contributed by atoms with E-state index in [-0.39, 0.29) is 12.1 Å². The molecule has 0 N–H and O–H groups in total. The smallest absolute Gasteiger partial charge is 0.260 e. The zero-order valence-electron chi connectivity index (χ0n) is 7.01. The Morgan fingerprint density at radius 2 is 2.25 bits per heavy atom. The molecule has 1 atom stereocenters. The van der Waals surface area contributed by atoms with Crippen LogP contribution in [0, 0.1) is 0 Å². The van der Waals surface area contributed by atoms with Gasteiger partial charge < -0.3 is 9.64 Å². The van der Waals surface area contributed by atoms with Crippen molar-refractivity contribution in [3.8, 4) is 0 Å². The molecule has 70 valence electrons. The van der Waals surface area contributed by atoms with Crippen LogP contribution in [0.5, 0.6) is 0 Å². The SMILES string of the molecule is CC1OCCN1C(=O)C(C)(Cl)Cl. The Hall–Kier alpha value is 0.01000. The largest absolute Gasteiger partial charge is 0.357 e. The minimum absolute atomic E-state index is 0.214. The molecule has 12 heavy (non-hydrogen) atoms. The lowest BCUT2D eigenvalue weighted by Gasteiger charge is -2.24. The number of carbonyl (C=O) groups excluding carboxylic acids is 1. The van der Waals surface area contributed by atoms with Crippen LogP contribution in [0.4, 0.5) is 0 Å². The first-order valence-electron chi connectivity index (χ1n) is 3.73. The van der Waals surface area contributed by atoms with E-state index >= 15 is 0 Å². The van der Waals surface area contributed by atoms with Gasteiger partial charge in [0.2, 0.25) is 0 Å². The van der Waals surface area contributed by atoms with Gasteiger partial charge in [-0.1, -0.05) is 23.2 Å². The number of nitrogens with zero attached hydrogens (tertiary/aromatic N) is 1. The van der Waals surface area contributed by atoms with E-state index < -0.39 is 4.33 Å². The molecule has 1 fully saturated rings. The molecule has 1 amide bonds. The van der Waals surface area contributed by atoms with Gasteiger partial charge in [-0.15, -0.1) is 0 Å². The van der Waals surface area contributed by atoms with Gasteiger partial charge in [-0.3, -0.25) is 4.79 Å². The number of amides is 1. The lowest BCUT2D eigenvalue weighted by atomic mass is 10.3. The quantitative estimate of drug-likeness (QED) is 0.614. The summed E-state index contributed by atoms with van der Waals surface area (Å²) in [7, 11) is 0. The average molecular weight is 212 g/mol. The number of halogens is 2. The van der Waals surface area contributed by atoms with E-state index in [4.69, 9.17) is 27.9 Å². The lowest BCUT2D eigenvalue weighted by molar-refractivity contribution is -0.135. The van der Waals surface area contributed by atoms with Gasteiger partial charge in [0.15, 0.2) is 4.33 Å². The van der Waals surface area contributed by atoms with Crippen LogP contribution in [0.2, 0.25) is 0 Å². The first-order chi connectivity index (χ1) is 5.43. The molecule has 0 spiro atoms. The summed E-state index contributed by atoms with van der Waals surface area (Å²) in [5.74, 6) is -0.296. The molecule has 0 bridgehead atoms. The highest BCUT2D eigenvalue weighted by atomic mass is 35.5. The Morgan fingerprint density at radius 3 is 2.58 bits per heavy atom. The molecular weight excluding hydrogens is 201 g/mol. The Morgan fingerprint density at radius 1 is 1.67 bits per heavy atom. The Kier molecular flexibility index (Phi) is 2.86. The zero-order valence-corrected chi connectivity index (χ0v) is 8.52. The van der Waals surface area contributed by atoms with E-state index in [1.165, 1.54) is 11.8 Å². The third-order valence-corrected chi connectivity index (χ3v) is 2.09. The number of hydrogen-bond donors (Lipinski definition) is 0. The van der Waals surface area contributed by atoms with Gasteiger partial charge in [-0.25, -0.2) is 0 Å². The van der Waals surface area contributed by atoms with Crippen LogP contribution in [-0.2, 0) is 9.53 Å². The van der Waals surface area contributed by atoms with E-state index in [0.717, 1.165) is 0 Å². The maximum Gasteiger partial charge on any atom is 0.260 e. The standard InChI is InChI=1S/C7H11Cl2NO2/c1-5-10(3-4-12-5)6(11)7(2,8)9/h5H,3-4H2,1-2H3. The molecule has 0 aromatic rings. The fourth-order valence-corrected chi connectivity index (χ4v) is 1.33. The van der Waals surface area contributed by atoms with E-state index in [1.807, 2.05) is 0 Å². The van der Waals surface area contributed by atoms with Crippen molar-refractivity contribution in [3.63, 3.8) is 0 Å². The third kappa shape index (κ3) is 2.03. The fraction of sp³-hybridized carbons (Fsp3) is 0.857. The van der Waals surface area contributed by atoms with E-state index in [0.29, 0.717) is 13.2 Å². The predicted molar refractivity (Wildman–Crippen MR) is 47.2 cm³/mol. The molecule has 5 heteroatoms. The summed E-state index contributed by atoms with van der Waals surface area (Å²) in [4.78, 5) is 13.0. The normalized spacial score (nSPS) is 24.7. The lowest BCUT2D eigenvalue weighted by Crippen LogP contribution is -2.42. The molecule has 0 aromatic carbocycles. The fourth-order valence-electron chi connectivity index (χ4n) is 1.11. The van der Waals surface area contributed by atoms with Gasteiger partial charge in [0.05, 0.1) is 6.61 Å². The second-order valence-corrected chi connectivity index (χ2v) is 4.56. The molecular formula is C7H11Cl2NO2. The number of rotatable bonds is 1. The second-order valence-electron chi connectivity index (χ2n) is 2.86. The number of alkyl halides is 2. The van der Waals surface area contributed by atoms with Gasteiger partial charge in [-0.05, 0) is 13.8 Å². The number of carbonyl (C=O) groups is 1. The Balaban J connectivity index is 2.64. The summed E-state index contributed by atoms with van der Waals surface area (Å²) in [5.41, 5.74) is 0. The van der Waals surface area contributed by atoms with Crippen LogP contribution in [0.15, 0.2) is 0 Å². The van der Waals surface area contributed by atoms with Gasteiger partial charge in [0.1, 0.15) is 6.23 Å². The Labute approximate surface area is 81.6 Å². The number of hydrogen-bond acceptors (Lipinski definition) is 2. The maximum atomic E-state index is 11.5. The highest BCUT2D eigenvalue weighted by Gasteiger charge is 2.36. The summed E-state index contributed by atoms with van der Waals surface area (Å²) in [6.45, 7) is 4.37. The summed E-state index contributed by atoms with van der Waals surface area (Å²) in [5, 5.41) is 0. The molecule has 1 aliphatic heterocycles. The van der Waals surface area contributed by atoms with Crippen LogP contribution in [0.25, 0.3) is 0 Å². The highest BCUT2D eigenvalue weighted by Crippen LogP contribution is 2.25. The van der Waals surface area contributed by atoms with Gasteiger partial charge in [0.25, 0.3) is 5.91 Å². The minimum atomic E-state index is -1.35. The van der Waals surface area contributed by atoms with Crippen molar-refractivity contribution in [1.29, 1.82) is 0 Å². The summed E-state index contributed by atoms with van der Waals surface area (Å²) in [6.07, 6.45) is -0.214. The van der Waals surface area contributed by atoms with Gasteiger partial charge >= 0.3 is 0 Å². The van der Waals surface area contributed by atoms with Crippen molar-refractivity contribution < 1.29 is 9.53 Å². The predicted octanol–water partition coefficient (Wildman–Crippen LogP) is 1.39. The summed E-state index contributed by atoms with van der Waals surface area (Å²) >= 11 is 11.3. The van der Waals surface area contributed by atoms with Gasteiger partial charge in [-0.2, -0.15) is 0 Å². The second kappa shape index (κ2) is 3.40. The Bertz CT molecular complexity index is 190. The third-order valence-electron chi connectivity index (χ3n) is 1.77. The molecule has 0 aromatic heterocycles. The van der Waals surface area contributed by atoms with E-state index in [9.17, 15) is 4.79 Å². The van der Waals surface area contributed by atoms with Crippen molar-refractivity contribution in [3.05, 3.63) is 0 Å². The van der Waals surface area contributed by atoms with E-state index in [1.54, 1.807) is 6.92 Å². The highest BCUT2D eigenvalue weighted by molar-refractivity contribution is 6.57. The van der Waals surface area contributed by atoms with Gasteiger partial charge in [0, 0.05) is 6.54 Å². The minimum Gasteiger partial charge on any atom is -0.357 e. The topological polar surface area (TPSA) is 29.5 Å². The molecule has 0 aliphatic carbocycles. The van der Waals surface area contributed by atoms with Crippen molar-refractivity contribution in [1.82, 2.24) is 4.90 Å². The molecule has 3 nitrogen and oxygen atoms in total. The van der Waals surface area contributed by atoms with Crippen LogP contribution in [-0.4, -0.2) is 34.5 Å². The molecule has 1 rings (SSSR count). The summed E-state index contributed by atoms with van der Waals surface area (Å²) < 4.78 is 3.82. The van der Waals surface area contributed by atoms with Crippen LogP contribution in [0.1, 0.15) is 13.8 Å². The first-order valence-corrected chi connectivity index (χ1v) is 4.49. The monoisotopic (exact) mass is 211 g/mol. The molecule has 1 heterocycles. The first kappa shape index (κ1) is 10.1. The van der Waals surface area contributed by atoms with Crippen molar-refractivity contribution in [2.45, 2.75) is 24.4 Å². The molecule has 1 unspecified atom stereocenters. The maximum absolute atomic E-state index is 11.5. The van der Waals surface area contributed by atoms with Crippen molar-refractivity contribution in [2.24, 2.45) is 0 Å². The average Bonchev–Trinajstić information content (AvgIpc) is 2.31. The number of ether oxygens (including phenoxy) is 1. The molecule has 0 saturated carbocycles. The van der Waals surface area contributed by atoms with Crippen LogP contribution >= 0.6 is 23.2 Å². The van der Waals surface area contributed by atoms with E-state index in [2.05, 4.69) is 0 Å². The zero-order chi connectivity index (χ0) is 9.35.